The normalized spacial score (nSPS) is 23.5. The van der Waals surface area contributed by atoms with Gasteiger partial charge >= 0.3 is 0 Å². The van der Waals surface area contributed by atoms with Crippen molar-refractivity contribution in [1.29, 1.82) is 0 Å². The summed E-state index contributed by atoms with van der Waals surface area (Å²) in [6, 6.07) is 12.1. The predicted octanol–water partition coefficient (Wildman–Crippen LogP) is 3.09. The zero-order valence-electron chi connectivity index (χ0n) is 13.4. The summed E-state index contributed by atoms with van der Waals surface area (Å²) in [6.45, 7) is 3.53. The van der Waals surface area contributed by atoms with Crippen LogP contribution in [-0.4, -0.2) is 27.3 Å². The Kier molecular flexibility index (Phi) is 3.52. The van der Waals surface area contributed by atoms with Gasteiger partial charge in [-0.2, -0.15) is 9.78 Å². The number of aromatic nitrogens is 2. The van der Waals surface area contributed by atoms with E-state index in [9.17, 15) is 4.79 Å². The van der Waals surface area contributed by atoms with Crippen LogP contribution >= 0.6 is 0 Å². The molecule has 2 aromatic rings. The molecule has 118 valence electrons. The van der Waals surface area contributed by atoms with Gasteiger partial charge in [0.2, 0.25) is 0 Å². The van der Waals surface area contributed by atoms with E-state index >= 15 is 0 Å². The van der Waals surface area contributed by atoms with Crippen LogP contribution in [0, 0.1) is 0 Å². The Morgan fingerprint density at radius 3 is 2.61 bits per heavy atom. The topological polar surface area (TPSA) is 38.1 Å². The van der Waals surface area contributed by atoms with Crippen LogP contribution in [0.5, 0.6) is 0 Å². The smallest absolute Gasteiger partial charge is 0.271 e. The van der Waals surface area contributed by atoms with Crippen LogP contribution < -0.4 is 5.56 Å². The van der Waals surface area contributed by atoms with Crippen LogP contribution in [0.15, 0.2) is 59.2 Å². The fraction of sp³-hybridized carbons (Fsp3) is 0.368. The maximum atomic E-state index is 11.8. The van der Waals surface area contributed by atoms with Gasteiger partial charge in [-0.1, -0.05) is 18.2 Å². The molecule has 23 heavy (non-hydrogen) atoms. The maximum absolute atomic E-state index is 11.8. The lowest BCUT2D eigenvalue weighted by Crippen LogP contribution is -2.31. The number of rotatable bonds is 3. The van der Waals surface area contributed by atoms with Gasteiger partial charge in [-0.3, -0.25) is 4.79 Å². The quantitative estimate of drug-likeness (QED) is 0.874. The van der Waals surface area contributed by atoms with E-state index in [1.807, 2.05) is 12.1 Å². The second-order valence-electron chi connectivity index (χ2n) is 6.52. The van der Waals surface area contributed by atoms with Crippen molar-refractivity contribution in [3.05, 3.63) is 70.3 Å². The standard InChI is InChI=1S/C19H21N3O/c1-14-4-3-11-21(14)18-12-16(13-18)15-6-8-17(9-7-15)22-19(23)5-2-10-20-22/h2,5-10,12,14,16H,3-4,11,13H2,1H3. The summed E-state index contributed by atoms with van der Waals surface area (Å²) in [5, 5.41) is 4.12. The second-order valence-corrected chi connectivity index (χ2v) is 6.52. The van der Waals surface area contributed by atoms with Crippen molar-refractivity contribution in [3.63, 3.8) is 0 Å². The van der Waals surface area contributed by atoms with Gasteiger partial charge in [0, 0.05) is 36.5 Å². The summed E-state index contributed by atoms with van der Waals surface area (Å²) >= 11 is 0. The van der Waals surface area contributed by atoms with Gasteiger partial charge in [-0.05, 0) is 49.9 Å². The van der Waals surface area contributed by atoms with Crippen LogP contribution in [0.2, 0.25) is 0 Å². The van der Waals surface area contributed by atoms with Crippen molar-refractivity contribution in [2.24, 2.45) is 0 Å². The van der Waals surface area contributed by atoms with Gasteiger partial charge in [0.15, 0.2) is 0 Å². The Morgan fingerprint density at radius 1 is 1.17 bits per heavy atom. The van der Waals surface area contributed by atoms with Crippen LogP contribution in [0.4, 0.5) is 0 Å². The molecule has 1 aliphatic carbocycles. The highest BCUT2D eigenvalue weighted by Gasteiger charge is 2.29. The summed E-state index contributed by atoms with van der Waals surface area (Å²) in [7, 11) is 0. The van der Waals surface area contributed by atoms with Gasteiger partial charge in [-0.15, -0.1) is 0 Å². The highest BCUT2D eigenvalue weighted by atomic mass is 16.1. The number of benzene rings is 1. The minimum absolute atomic E-state index is 0.103. The molecule has 4 nitrogen and oxygen atoms in total. The SMILES string of the molecule is CC1CCCN1C1=CC(c2ccc(-n3ncccc3=O)cc2)C1. The molecule has 4 heteroatoms. The first-order chi connectivity index (χ1) is 11.2. The Hall–Kier alpha value is -2.36. The van der Waals surface area contributed by atoms with E-state index in [2.05, 4.69) is 35.1 Å². The fourth-order valence-electron chi connectivity index (χ4n) is 3.63. The molecule has 0 amide bonds. The third-order valence-electron chi connectivity index (χ3n) is 5.03. The Balaban J connectivity index is 1.51. The maximum Gasteiger partial charge on any atom is 0.271 e. The number of hydrogen-bond acceptors (Lipinski definition) is 3. The summed E-state index contributed by atoms with van der Waals surface area (Å²) in [5.74, 6) is 0.507. The predicted molar refractivity (Wildman–Crippen MR) is 90.7 cm³/mol. The Bertz CT molecular complexity index is 791. The summed E-state index contributed by atoms with van der Waals surface area (Å²) in [6.07, 6.45) is 7.79. The van der Waals surface area contributed by atoms with Crippen LogP contribution in [-0.2, 0) is 0 Å². The first-order valence-electron chi connectivity index (χ1n) is 8.34. The molecule has 1 saturated heterocycles. The van der Waals surface area contributed by atoms with Crippen LogP contribution in [0.25, 0.3) is 5.69 Å². The van der Waals surface area contributed by atoms with E-state index in [0.717, 1.165) is 12.1 Å². The molecule has 0 bridgehead atoms. The van der Waals surface area contributed by atoms with E-state index < -0.39 is 0 Å². The first kappa shape index (κ1) is 14.2. The molecule has 0 saturated carbocycles. The molecular weight excluding hydrogens is 286 g/mol. The molecule has 2 aliphatic rings. The second kappa shape index (κ2) is 5.69. The fourth-order valence-corrected chi connectivity index (χ4v) is 3.63. The number of likely N-dealkylation sites (tertiary alicyclic amines) is 1. The molecule has 2 unspecified atom stereocenters. The van der Waals surface area contributed by atoms with Gasteiger partial charge in [0.25, 0.3) is 5.56 Å². The largest absolute Gasteiger partial charge is 0.372 e. The minimum Gasteiger partial charge on any atom is -0.372 e. The van der Waals surface area contributed by atoms with E-state index in [-0.39, 0.29) is 5.56 Å². The molecule has 0 N–H and O–H groups in total. The lowest BCUT2D eigenvalue weighted by molar-refractivity contribution is 0.307. The molecule has 0 spiro atoms. The number of allylic oxidation sites excluding steroid dienone is 2. The van der Waals surface area contributed by atoms with E-state index in [1.54, 1.807) is 12.3 Å². The van der Waals surface area contributed by atoms with Gasteiger partial charge in [0.05, 0.1) is 5.69 Å². The van der Waals surface area contributed by atoms with E-state index in [0.29, 0.717) is 12.0 Å². The molecule has 0 radical (unpaired) electrons. The monoisotopic (exact) mass is 307 g/mol. The summed E-state index contributed by atoms with van der Waals surface area (Å²) in [4.78, 5) is 14.4. The zero-order valence-corrected chi connectivity index (χ0v) is 13.4. The van der Waals surface area contributed by atoms with Gasteiger partial charge < -0.3 is 4.90 Å². The number of hydrogen-bond donors (Lipinski definition) is 0. The van der Waals surface area contributed by atoms with Crippen molar-refractivity contribution < 1.29 is 0 Å². The average Bonchev–Trinajstić information content (AvgIpc) is 2.93. The highest BCUT2D eigenvalue weighted by Crippen LogP contribution is 2.39. The third-order valence-corrected chi connectivity index (χ3v) is 5.03. The van der Waals surface area contributed by atoms with E-state index in [4.69, 9.17) is 0 Å². The first-order valence-corrected chi connectivity index (χ1v) is 8.34. The van der Waals surface area contributed by atoms with Crippen molar-refractivity contribution in [2.75, 3.05) is 6.54 Å². The van der Waals surface area contributed by atoms with Crippen LogP contribution in [0.1, 0.15) is 37.7 Å². The van der Waals surface area contributed by atoms with Crippen molar-refractivity contribution in [1.82, 2.24) is 14.7 Å². The Labute approximate surface area is 136 Å². The van der Waals surface area contributed by atoms with Crippen molar-refractivity contribution in [2.45, 2.75) is 38.1 Å². The lowest BCUT2D eigenvalue weighted by atomic mass is 9.84. The zero-order chi connectivity index (χ0) is 15.8. The van der Waals surface area contributed by atoms with Crippen LogP contribution in [0.3, 0.4) is 0 Å². The van der Waals surface area contributed by atoms with Crippen molar-refractivity contribution in [3.8, 4) is 5.69 Å². The molecular formula is C19H21N3O. The third kappa shape index (κ3) is 2.58. The minimum atomic E-state index is -0.103. The summed E-state index contributed by atoms with van der Waals surface area (Å²) in [5.41, 5.74) is 3.53. The highest BCUT2D eigenvalue weighted by molar-refractivity contribution is 5.39. The molecule has 1 aromatic heterocycles. The van der Waals surface area contributed by atoms with Gasteiger partial charge in [0.1, 0.15) is 0 Å². The summed E-state index contributed by atoms with van der Waals surface area (Å²) < 4.78 is 1.43. The molecule has 1 aromatic carbocycles. The molecule has 2 atom stereocenters. The average molecular weight is 307 g/mol. The molecule has 2 heterocycles. The lowest BCUT2D eigenvalue weighted by Gasteiger charge is -2.36. The molecule has 1 aliphatic heterocycles. The van der Waals surface area contributed by atoms with Crippen molar-refractivity contribution >= 4 is 0 Å². The molecule has 1 fully saturated rings. The van der Waals surface area contributed by atoms with Gasteiger partial charge in [-0.25, -0.2) is 0 Å². The number of nitrogens with zero attached hydrogens (tertiary/aromatic N) is 3. The van der Waals surface area contributed by atoms with E-state index in [1.165, 1.54) is 41.4 Å². The Morgan fingerprint density at radius 2 is 1.96 bits per heavy atom. The molecule has 4 rings (SSSR count).